The number of amides is 7. The van der Waals surface area contributed by atoms with E-state index in [2.05, 4.69) is 36.9 Å². The molecule has 1 saturated heterocycles. The van der Waals surface area contributed by atoms with Crippen molar-refractivity contribution in [1.29, 1.82) is 0 Å². The second kappa shape index (κ2) is 24.6. The lowest BCUT2D eigenvalue weighted by Gasteiger charge is -2.31. The zero-order valence-corrected chi connectivity index (χ0v) is 35.6. The van der Waals surface area contributed by atoms with E-state index in [1.807, 2.05) is 30.3 Å². The van der Waals surface area contributed by atoms with E-state index in [1.165, 1.54) is 38.1 Å². The number of nitrogens with zero attached hydrogens (tertiary/aromatic N) is 2. The molecule has 0 saturated carbocycles. The number of rotatable bonds is 13. The van der Waals surface area contributed by atoms with Crippen molar-refractivity contribution in [1.82, 2.24) is 36.8 Å². The maximum absolute atomic E-state index is 14.2. The van der Waals surface area contributed by atoms with Crippen LogP contribution in [-0.2, 0) is 46.3 Å². The topological polar surface area (TPSA) is 289 Å². The minimum atomic E-state index is -1.21. The third-order valence-corrected chi connectivity index (χ3v) is 10.3. The van der Waals surface area contributed by atoms with Crippen molar-refractivity contribution in [2.45, 2.75) is 108 Å². The molecule has 6 atom stereocenters. The number of urea groups is 1. The fourth-order valence-corrected chi connectivity index (χ4v) is 6.58. The Morgan fingerprint density at radius 1 is 0.902 bits per heavy atom. The summed E-state index contributed by atoms with van der Waals surface area (Å²) in [5.74, 6) is -4.32. The number of likely N-dealkylation sites (N-methyl/N-ethyl adjacent to an activating group) is 1. The largest absolute Gasteiger partial charge is 0.508 e. The number of esters is 1. The molecule has 1 aliphatic heterocycles. The minimum Gasteiger partial charge on any atom is -0.508 e. The second-order valence-corrected chi connectivity index (χ2v) is 15.4. The zero-order valence-electron chi connectivity index (χ0n) is 35.6. The molecule has 1 aliphatic rings. The molecular weight excluding hydrogens is 789 g/mol. The van der Waals surface area contributed by atoms with E-state index in [4.69, 9.17) is 16.2 Å². The maximum atomic E-state index is 14.2. The van der Waals surface area contributed by atoms with Crippen molar-refractivity contribution < 1.29 is 43.4 Å². The molecule has 0 bridgehead atoms. The van der Waals surface area contributed by atoms with Crippen molar-refractivity contribution in [3.63, 3.8) is 0 Å². The molecule has 0 aliphatic carbocycles. The Kier molecular flexibility index (Phi) is 19.8. The summed E-state index contributed by atoms with van der Waals surface area (Å²) >= 11 is 0. The van der Waals surface area contributed by atoms with E-state index < -0.39 is 83.7 Å². The Morgan fingerprint density at radius 2 is 1.57 bits per heavy atom. The third kappa shape index (κ3) is 16.3. The van der Waals surface area contributed by atoms with Gasteiger partial charge in [0.15, 0.2) is 5.96 Å². The average molecular weight is 851 g/mol. The predicted octanol–water partition coefficient (Wildman–Crippen LogP) is 0.0879. The van der Waals surface area contributed by atoms with Crippen molar-refractivity contribution in [3.05, 3.63) is 65.7 Å². The number of aryl methyl sites for hydroxylation is 1. The van der Waals surface area contributed by atoms with Crippen LogP contribution in [0.4, 0.5) is 4.79 Å². The number of aromatic hydroxyl groups is 1. The van der Waals surface area contributed by atoms with Crippen molar-refractivity contribution >= 4 is 47.5 Å². The third-order valence-electron chi connectivity index (χ3n) is 10.3. The first-order valence-electron chi connectivity index (χ1n) is 20.5. The van der Waals surface area contributed by atoms with Crippen LogP contribution in [0.15, 0.2) is 59.6 Å². The first-order chi connectivity index (χ1) is 29.0. The molecule has 61 heavy (non-hydrogen) atoms. The molecule has 334 valence electrons. The number of phenolic OH excluding ortho intramolecular Hbond substituents is 1. The van der Waals surface area contributed by atoms with Crippen molar-refractivity contribution in [2.75, 3.05) is 27.2 Å². The van der Waals surface area contributed by atoms with Crippen LogP contribution in [0.2, 0.25) is 0 Å². The van der Waals surface area contributed by atoms with Gasteiger partial charge in [-0.15, -0.1) is 0 Å². The van der Waals surface area contributed by atoms with Crippen LogP contribution >= 0.6 is 0 Å². The number of methoxy groups -OCH3 is 1. The molecule has 0 aromatic heterocycles. The van der Waals surface area contributed by atoms with Gasteiger partial charge in [-0.1, -0.05) is 56.3 Å². The van der Waals surface area contributed by atoms with E-state index in [0.29, 0.717) is 25.7 Å². The van der Waals surface area contributed by atoms with Gasteiger partial charge in [0.25, 0.3) is 0 Å². The fourth-order valence-electron chi connectivity index (χ4n) is 6.58. The highest BCUT2D eigenvalue weighted by Gasteiger charge is 2.35. The molecule has 0 radical (unpaired) electrons. The molecule has 11 N–H and O–H groups in total. The van der Waals surface area contributed by atoms with Crippen molar-refractivity contribution in [2.24, 2.45) is 22.4 Å². The number of carbonyl (C=O) groups is 7. The van der Waals surface area contributed by atoms with Gasteiger partial charge in [0.05, 0.1) is 7.11 Å². The molecule has 2 aromatic rings. The molecule has 3 rings (SSSR count). The SMILES string of the molecule is COC(=O)C(CCCN=C(N)N)NC(=O)NC1CCCCNC(=O)C(Cc2ccccc2)NC(=O)C(C)N(C)C(=O)C(CCc2ccc(O)cc2)NC(=O)C(C(C)C)NC1=O. The number of nitrogens with two attached hydrogens (primary N) is 2. The first-order valence-corrected chi connectivity index (χ1v) is 20.5. The summed E-state index contributed by atoms with van der Waals surface area (Å²) in [6, 6.07) is 7.90. The molecule has 6 unspecified atom stereocenters. The number of phenols is 1. The molecule has 1 heterocycles. The smallest absolute Gasteiger partial charge is 0.328 e. The van der Waals surface area contributed by atoms with E-state index in [1.54, 1.807) is 26.0 Å². The second-order valence-electron chi connectivity index (χ2n) is 15.4. The van der Waals surface area contributed by atoms with Crippen LogP contribution in [0.1, 0.15) is 70.4 Å². The summed E-state index contributed by atoms with van der Waals surface area (Å²) in [6.07, 6.45) is 1.74. The minimum absolute atomic E-state index is 0.0578. The van der Waals surface area contributed by atoms with Crippen molar-refractivity contribution in [3.8, 4) is 5.75 Å². The number of carbonyl (C=O) groups excluding carboxylic acids is 7. The Bertz CT molecular complexity index is 1820. The lowest BCUT2D eigenvalue weighted by atomic mass is 9.99. The standard InChI is InChI=1S/C42H62N10O9/c1-25(2)34-38(57)47-31(21-18-27-16-19-29(53)20-17-27)39(58)52(4)26(3)35(54)48-33(24-28-12-7-6-8-13-28)36(55)45-22-10-9-14-30(37(56)51-34)49-42(60)50-32(40(59)61-5)15-11-23-46-41(43)44/h6-8,12-13,16-17,19-20,25-26,30-34,53H,9-11,14-15,18,21-24H2,1-5H3,(H,45,55)(H,47,57)(H,48,54)(H,51,56)(H4,43,44,46)(H2,49,50,60). The van der Waals surface area contributed by atoms with Crippen LogP contribution < -0.4 is 43.4 Å². The maximum Gasteiger partial charge on any atom is 0.328 e. The highest BCUT2D eigenvalue weighted by Crippen LogP contribution is 2.15. The van der Waals surface area contributed by atoms with Gasteiger partial charge in [-0.2, -0.15) is 0 Å². The lowest BCUT2D eigenvalue weighted by molar-refractivity contribution is -0.143. The van der Waals surface area contributed by atoms with E-state index in [-0.39, 0.29) is 50.5 Å². The Balaban J connectivity index is 1.96. The van der Waals surface area contributed by atoms with Crippen LogP contribution in [0.25, 0.3) is 0 Å². The number of ether oxygens (including phenoxy) is 1. The number of aliphatic imine (C=N–C) groups is 1. The van der Waals surface area contributed by atoms with Gasteiger partial charge in [0.2, 0.25) is 29.5 Å². The fraction of sp³-hybridized carbons (Fsp3) is 0.524. The quantitative estimate of drug-likeness (QED) is 0.0564. The summed E-state index contributed by atoms with van der Waals surface area (Å²) in [5.41, 5.74) is 12.3. The lowest BCUT2D eigenvalue weighted by Crippen LogP contribution is -2.60. The van der Waals surface area contributed by atoms with Gasteiger partial charge in [0.1, 0.15) is 42.0 Å². The van der Waals surface area contributed by atoms with Gasteiger partial charge in [0, 0.05) is 26.6 Å². The molecular formula is C42H62N10O9. The monoisotopic (exact) mass is 850 g/mol. The molecule has 7 amide bonds. The number of hydrogen-bond acceptors (Lipinski definition) is 10. The Labute approximate surface area is 356 Å². The van der Waals surface area contributed by atoms with Gasteiger partial charge < -0.3 is 58.1 Å². The predicted molar refractivity (Wildman–Crippen MR) is 227 cm³/mol. The molecule has 19 heteroatoms. The van der Waals surface area contributed by atoms with Gasteiger partial charge in [-0.3, -0.25) is 29.0 Å². The molecule has 1 fully saturated rings. The Morgan fingerprint density at radius 3 is 2.21 bits per heavy atom. The van der Waals surface area contributed by atoms with Gasteiger partial charge in [-0.25, -0.2) is 9.59 Å². The summed E-state index contributed by atoms with van der Waals surface area (Å²) in [7, 11) is 2.60. The van der Waals surface area contributed by atoms with Crippen LogP contribution in [0, 0.1) is 5.92 Å². The number of benzene rings is 2. The average Bonchev–Trinajstić information content (AvgIpc) is 3.23. The van der Waals surface area contributed by atoms with Crippen LogP contribution in [0.5, 0.6) is 5.75 Å². The first kappa shape index (κ1) is 49.0. The van der Waals surface area contributed by atoms with Crippen LogP contribution in [0.3, 0.4) is 0 Å². The number of hydrogen-bond donors (Lipinski definition) is 9. The number of nitrogens with one attached hydrogen (secondary N) is 6. The summed E-state index contributed by atoms with van der Waals surface area (Å²) in [6.45, 7) is 5.29. The Hall–Kier alpha value is -6.40. The number of guanidine groups is 1. The summed E-state index contributed by atoms with van der Waals surface area (Å²) in [5, 5.41) is 26.2. The normalized spacial score (nSPS) is 21.6. The van der Waals surface area contributed by atoms with Gasteiger partial charge >= 0.3 is 12.0 Å². The van der Waals surface area contributed by atoms with Gasteiger partial charge in [-0.05, 0) is 81.0 Å². The van der Waals surface area contributed by atoms with E-state index in [9.17, 15) is 38.7 Å². The zero-order chi connectivity index (χ0) is 45.1. The summed E-state index contributed by atoms with van der Waals surface area (Å²) < 4.78 is 4.86. The molecule has 2 aromatic carbocycles. The summed E-state index contributed by atoms with van der Waals surface area (Å²) in [4.78, 5) is 101. The van der Waals surface area contributed by atoms with Crippen LogP contribution in [-0.4, -0.2) is 121 Å². The highest BCUT2D eigenvalue weighted by molar-refractivity contribution is 5.96. The van der Waals surface area contributed by atoms with E-state index in [0.717, 1.165) is 11.1 Å². The van der Waals surface area contributed by atoms with E-state index >= 15 is 0 Å². The molecule has 0 spiro atoms. The molecule has 19 nitrogen and oxygen atoms in total. The highest BCUT2D eigenvalue weighted by atomic mass is 16.5.